The summed E-state index contributed by atoms with van der Waals surface area (Å²) in [6.07, 6.45) is 5.33. The zero-order valence-electron chi connectivity index (χ0n) is 18.3. The van der Waals surface area contributed by atoms with E-state index in [1.165, 1.54) is 11.1 Å². The summed E-state index contributed by atoms with van der Waals surface area (Å²) in [5, 5.41) is 21.2. The average molecular weight is 445 g/mol. The monoisotopic (exact) mass is 444 g/mol. The van der Waals surface area contributed by atoms with Crippen LogP contribution < -0.4 is 0 Å². The first-order valence-corrected chi connectivity index (χ1v) is 12.5. The molecule has 2 aliphatic carbocycles. The molecule has 0 spiro atoms. The first-order valence-electron chi connectivity index (χ1n) is 11.1. The molecule has 2 aromatic rings. The van der Waals surface area contributed by atoms with E-state index in [-0.39, 0.29) is 22.8 Å². The molecule has 168 valence electrons. The molecule has 0 heterocycles. The summed E-state index contributed by atoms with van der Waals surface area (Å²) in [6.45, 7) is 4.27. The number of rotatable bonds is 6. The van der Waals surface area contributed by atoms with Gasteiger partial charge in [-0.15, -0.1) is 0 Å². The zero-order chi connectivity index (χ0) is 22.3. The fourth-order valence-corrected chi connectivity index (χ4v) is 6.29. The smallest absolute Gasteiger partial charge is 0.296 e. The molecule has 0 unspecified atom stereocenters. The van der Waals surface area contributed by atoms with Crippen molar-refractivity contribution in [3.05, 3.63) is 59.2 Å². The summed E-state index contributed by atoms with van der Waals surface area (Å²) in [6, 6.07) is 12.2. The SMILES string of the molecule is Cc1ccc(S(=O)(=O)OCCC[C@]2(O)CC[C@]3(C)CCc4cc(O)ccc4[C@H]3C2)cc1. The first kappa shape index (κ1) is 22.3. The van der Waals surface area contributed by atoms with Crippen molar-refractivity contribution in [3.63, 3.8) is 0 Å². The topological polar surface area (TPSA) is 83.8 Å². The van der Waals surface area contributed by atoms with Crippen molar-refractivity contribution in [2.24, 2.45) is 5.41 Å². The van der Waals surface area contributed by atoms with Gasteiger partial charge in [0.15, 0.2) is 0 Å². The summed E-state index contributed by atoms with van der Waals surface area (Å²) in [7, 11) is -3.78. The Labute approximate surface area is 185 Å². The van der Waals surface area contributed by atoms with Crippen LogP contribution in [0.3, 0.4) is 0 Å². The quantitative estimate of drug-likeness (QED) is 0.492. The van der Waals surface area contributed by atoms with Crippen molar-refractivity contribution < 1.29 is 22.8 Å². The van der Waals surface area contributed by atoms with Crippen LogP contribution in [0.25, 0.3) is 0 Å². The highest BCUT2D eigenvalue weighted by Gasteiger charge is 2.48. The number of hydrogen-bond acceptors (Lipinski definition) is 5. The molecule has 0 radical (unpaired) electrons. The molecule has 2 aromatic carbocycles. The van der Waals surface area contributed by atoms with Gasteiger partial charge in [-0.05, 0) is 98.6 Å². The number of aliphatic hydroxyl groups is 1. The van der Waals surface area contributed by atoms with Crippen LogP contribution >= 0.6 is 0 Å². The van der Waals surface area contributed by atoms with Crippen LogP contribution in [0.15, 0.2) is 47.4 Å². The van der Waals surface area contributed by atoms with Gasteiger partial charge < -0.3 is 10.2 Å². The molecule has 6 heteroatoms. The second-order valence-corrected chi connectivity index (χ2v) is 11.3. The van der Waals surface area contributed by atoms with Gasteiger partial charge in [0.25, 0.3) is 10.1 Å². The Hall–Kier alpha value is -1.89. The third-order valence-corrected chi connectivity index (χ3v) is 8.72. The number of phenols is 1. The van der Waals surface area contributed by atoms with Gasteiger partial charge in [-0.1, -0.05) is 30.7 Å². The zero-order valence-corrected chi connectivity index (χ0v) is 19.1. The van der Waals surface area contributed by atoms with E-state index >= 15 is 0 Å². The molecule has 0 saturated heterocycles. The fourth-order valence-electron chi connectivity index (χ4n) is 5.34. The highest BCUT2D eigenvalue weighted by atomic mass is 32.2. The van der Waals surface area contributed by atoms with Crippen molar-refractivity contribution in [3.8, 4) is 5.75 Å². The lowest BCUT2D eigenvalue weighted by molar-refractivity contribution is -0.0558. The molecule has 1 fully saturated rings. The standard InChI is InChI=1S/C25H32O5S/c1-18-4-7-21(8-5-18)31(28,29)30-15-3-11-25(27)14-13-24(2)12-10-19-16-20(26)6-9-22(19)23(24)17-25/h4-9,16,23,26-27H,3,10-15,17H2,1-2H3/t23-,24+,25+/m1/s1. The van der Waals surface area contributed by atoms with Gasteiger partial charge in [0, 0.05) is 0 Å². The van der Waals surface area contributed by atoms with Crippen molar-refractivity contribution in [2.75, 3.05) is 6.61 Å². The van der Waals surface area contributed by atoms with Crippen LogP contribution in [0.4, 0.5) is 0 Å². The van der Waals surface area contributed by atoms with Gasteiger partial charge in [0.1, 0.15) is 5.75 Å². The van der Waals surface area contributed by atoms with E-state index in [9.17, 15) is 18.6 Å². The van der Waals surface area contributed by atoms with Gasteiger partial charge in [0.2, 0.25) is 0 Å². The fraction of sp³-hybridized carbons (Fsp3) is 0.520. The molecular formula is C25H32O5S. The number of hydrogen-bond donors (Lipinski definition) is 2. The summed E-state index contributed by atoms with van der Waals surface area (Å²) in [4.78, 5) is 0.160. The maximum absolute atomic E-state index is 12.4. The van der Waals surface area contributed by atoms with E-state index in [0.29, 0.717) is 25.0 Å². The average Bonchev–Trinajstić information content (AvgIpc) is 2.72. The molecule has 0 bridgehead atoms. The molecule has 31 heavy (non-hydrogen) atoms. The van der Waals surface area contributed by atoms with Crippen LogP contribution in [-0.2, 0) is 20.7 Å². The molecule has 0 aliphatic heterocycles. The van der Waals surface area contributed by atoms with Crippen molar-refractivity contribution in [1.82, 2.24) is 0 Å². The van der Waals surface area contributed by atoms with Crippen molar-refractivity contribution in [1.29, 1.82) is 0 Å². The van der Waals surface area contributed by atoms with Gasteiger partial charge in [-0.2, -0.15) is 8.42 Å². The number of fused-ring (bicyclic) bond motifs is 3. The minimum absolute atomic E-state index is 0.0604. The Morgan fingerprint density at radius 2 is 1.84 bits per heavy atom. The molecular weight excluding hydrogens is 412 g/mol. The predicted octanol–water partition coefficient (Wildman–Crippen LogP) is 4.84. The highest BCUT2D eigenvalue weighted by Crippen LogP contribution is 2.57. The third-order valence-electron chi connectivity index (χ3n) is 7.39. The summed E-state index contributed by atoms with van der Waals surface area (Å²) in [5.41, 5.74) is 2.74. The molecule has 2 aliphatic rings. The molecule has 2 N–H and O–H groups in total. The predicted molar refractivity (Wildman–Crippen MR) is 120 cm³/mol. The summed E-state index contributed by atoms with van der Waals surface area (Å²) >= 11 is 0. The second-order valence-electron chi connectivity index (χ2n) is 9.71. The largest absolute Gasteiger partial charge is 0.508 e. The van der Waals surface area contributed by atoms with Crippen LogP contribution in [0.2, 0.25) is 0 Å². The third kappa shape index (κ3) is 4.66. The first-order chi connectivity index (χ1) is 14.6. The van der Waals surface area contributed by atoms with Crippen LogP contribution in [0.1, 0.15) is 68.1 Å². The Kier molecular flexibility index (Phi) is 5.92. The van der Waals surface area contributed by atoms with E-state index in [1.54, 1.807) is 30.3 Å². The number of aromatic hydroxyl groups is 1. The van der Waals surface area contributed by atoms with E-state index in [1.807, 2.05) is 19.1 Å². The Balaban J connectivity index is 1.38. The second kappa shape index (κ2) is 8.23. The van der Waals surface area contributed by atoms with Crippen molar-refractivity contribution >= 4 is 10.1 Å². The van der Waals surface area contributed by atoms with Gasteiger partial charge in [-0.3, -0.25) is 4.18 Å². The minimum Gasteiger partial charge on any atom is -0.508 e. The van der Waals surface area contributed by atoms with Crippen LogP contribution in [-0.4, -0.2) is 30.8 Å². The molecule has 0 aromatic heterocycles. The van der Waals surface area contributed by atoms with Crippen LogP contribution in [0.5, 0.6) is 5.75 Å². The van der Waals surface area contributed by atoms with E-state index in [2.05, 4.69) is 6.92 Å². The van der Waals surface area contributed by atoms with E-state index in [0.717, 1.165) is 31.2 Å². The number of aryl methyl sites for hydroxylation is 2. The molecule has 3 atom stereocenters. The Morgan fingerprint density at radius 3 is 2.58 bits per heavy atom. The Bertz CT molecular complexity index is 1050. The lowest BCUT2D eigenvalue weighted by atomic mass is 9.55. The molecule has 4 rings (SSSR count). The summed E-state index contributed by atoms with van der Waals surface area (Å²) < 4.78 is 29.9. The highest BCUT2D eigenvalue weighted by molar-refractivity contribution is 7.86. The summed E-state index contributed by atoms with van der Waals surface area (Å²) in [5.74, 6) is 0.535. The molecule has 1 saturated carbocycles. The van der Waals surface area contributed by atoms with Gasteiger partial charge in [0.05, 0.1) is 17.1 Å². The normalized spacial score (nSPS) is 28.0. The van der Waals surface area contributed by atoms with Gasteiger partial charge >= 0.3 is 0 Å². The lowest BCUT2D eigenvalue weighted by Gasteiger charge is -2.51. The van der Waals surface area contributed by atoms with E-state index in [4.69, 9.17) is 4.18 Å². The lowest BCUT2D eigenvalue weighted by Crippen LogP contribution is -2.45. The minimum atomic E-state index is -3.78. The maximum atomic E-state index is 12.4. The van der Waals surface area contributed by atoms with Crippen LogP contribution in [0, 0.1) is 12.3 Å². The molecule has 0 amide bonds. The van der Waals surface area contributed by atoms with Crippen molar-refractivity contribution in [2.45, 2.75) is 75.2 Å². The Morgan fingerprint density at radius 1 is 1.10 bits per heavy atom. The number of phenolic OH excluding ortho intramolecular Hbond substituents is 1. The molecule has 5 nitrogen and oxygen atoms in total. The maximum Gasteiger partial charge on any atom is 0.296 e. The number of benzene rings is 2. The van der Waals surface area contributed by atoms with Gasteiger partial charge in [-0.25, -0.2) is 0 Å². The van der Waals surface area contributed by atoms with E-state index < -0.39 is 15.7 Å².